The van der Waals surface area contributed by atoms with Gasteiger partial charge in [-0.25, -0.2) is 0 Å². The van der Waals surface area contributed by atoms with Crippen LogP contribution in [-0.4, -0.2) is 67.7 Å². The van der Waals surface area contributed by atoms with Crippen LogP contribution in [0, 0.1) is 5.92 Å². The third-order valence-electron chi connectivity index (χ3n) is 6.18. The van der Waals surface area contributed by atoms with Crippen molar-refractivity contribution in [3.05, 3.63) is 35.9 Å². The molecule has 27 heavy (non-hydrogen) atoms. The van der Waals surface area contributed by atoms with Crippen LogP contribution in [0.4, 0.5) is 0 Å². The molecule has 5 nitrogen and oxygen atoms in total. The second-order valence-corrected chi connectivity index (χ2v) is 7.99. The summed E-state index contributed by atoms with van der Waals surface area (Å²) in [4.78, 5) is 17.3. The third-order valence-corrected chi connectivity index (χ3v) is 6.18. The molecular weight excluding hydrogens is 340 g/mol. The Bertz CT molecular complexity index is 603. The Hall–Kier alpha value is -1.43. The van der Waals surface area contributed by atoms with Gasteiger partial charge < -0.3 is 9.47 Å². The highest BCUT2D eigenvalue weighted by Crippen LogP contribution is 2.43. The number of hydrogen-bond acceptors (Lipinski definition) is 5. The summed E-state index contributed by atoms with van der Waals surface area (Å²) >= 11 is 0. The molecule has 5 heteroatoms. The zero-order chi connectivity index (χ0) is 19.3. The van der Waals surface area contributed by atoms with Gasteiger partial charge in [0, 0.05) is 57.5 Å². The summed E-state index contributed by atoms with van der Waals surface area (Å²) in [6, 6.07) is 10.7. The van der Waals surface area contributed by atoms with Crippen LogP contribution < -0.4 is 0 Å². The van der Waals surface area contributed by atoms with Gasteiger partial charge in [0.1, 0.15) is 5.60 Å². The summed E-state index contributed by atoms with van der Waals surface area (Å²) < 4.78 is 11.6. The number of benzene rings is 1. The minimum Gasteiger partial charge on any atom is -0.454 e. The predicted molar refractivity (Wildman–Crippen MR) is 107 cm³/mol. The molecule has 2 fully saturated rings. The van der Waals surface area contributed by atoms with Crippen LogP contribution in [0.2, 0.25) is 0 Å². The summed E-state index contributed by atoms with van der Waals surface area (Å²) in [5.74, 6) is 0.135. The van der Waals surface area contributed by atoms with E-state index in [0.717, 1.165) is 57.9 Å². The number of likely N-dealkylation sites (tertiary alicyclic amines) is 1. The summed E-state index contributed by atoms with van der Waals surface area (Å²) in [5.41, 5.74) is 0.599. The van der Waals surface area contributed by atoms with Gasteiger partial charge in [0.2, 0.25) is 0 Å². The molecule has 3 atom stereocenters. The maximum absolute atomic E-state index is 12.3. The second kappa shape index (κ2) is 9.18. The highest BCUT2D eigenvalue weighted by Gasteiger charge is 2.47. The van der Waals surface area contributed by atoms with E-state index in [1.165, 1.54) is 0 Å². The molecule has 0 N–H and O–H groups in total. The van der Waals surface area contributed by atoms with Crippen LogP contribution >= 0.6 is 0 Å². The number of nitrogens with zero attached hydrogens (tertiary/aromatic N) is 2. The molecule has 2 saturated heterocycles. The quantitative estimate of drug-likeness (QED) is 0.716. The molecule has 1 aromatic carbocycles. The van der Waals surface area contributed by atoms with Crippen LogP contribution in [0.15, 0.2) is 30.3 Å². The van der Waals surface area contributed by atoms with E-state index >= 15 is 0 Å². The Morgan fingerprint density at radius 3 is 2.56 bits per heavy atom. The first-order valence-electron chi connectivity index (χ1n) is 10.4. The molecule has 3 rings (SSSR count). The Morgan fingerprint density at radius 1 is 1.19 bits per heavy atom. The van der Waals surface area contributed by atoms with Gasteiger partial charge in [0.05, 0.1) is 13.2 Å². The van der Waals surface area contributed by atoms with Gasteiger partial charge in [0.15, 0.2) is 0 Å². The number of carbonyl (C=O) groups excluding carboxylic acids is 1. The van der Waals surface area contributed by atoms with E-state index in [4.69, 9.17) is 9.47 Å². The van der Waals surface area contributed by atoms with E-state index in [0.29, 0.717) is 12.5 Å². The molecule has 0 radical (unpaired) electrons. The number of morpholine rings is 1. The second-order valence-electron chi connectivity index (χ2n) is 7.99. The molecule has 0 amide bonds. The lowest BCUT2D eigenvalue weighted by Crippen LogP contribution is -2.56. The van der Waals surface area contributed by atoms with Crippen molar-refractivity contribution in [1.29, 1.82) is 0 Å². The van der Waals surface area contributed by atoms with E-state index in [2.05, 4.69) is 35.8 Å². The molecule has 150 valence electrons. The predicted octanol–water partition coefficient (Wildman–Crippen LogP) is 2.90. The van der Waals surface area contributed by atoms with Crippen molar-refractivity contribution in [2.75, 3.05) is 45.9 Å². The van der Waals surface area contributed by atoms with Crippen molar-refractivity contribution in [3.8, 4) is 0 Å². The first kappa shape index (κ1) is 20.3. The SMILES string of the molecule is CCC(=O)OC1(c2ccccc2)CC(C)N(CCN2CCOCC2)CC1C. The van der Waals surface area contributed by atoms with Gasteiger partial charge in [-0.3, -0.25) is 14.6 Å². The van der Waals surface area contributed by atoms with Crippen molar-refractivity contribution in [3.63, 3.8) is 0 Å². The highest BCUT2D eigenvalue weighted by molar-refractivity contribution is 5.69. The topological polar surface area (TPSA) is 42.0 Å². The van der Waals surface area contributed by atoms with Crippen LogP contribution in [0.3, 0.4) is 0 Å². The number of carbonyl (C=O) groups is 1. The van der Waals surface area contributed by atoms with E-state index in [-0.39, 0.29) is 11.9 Å². The van der Waals surface area contributed by atoms with Crippen molar-refractivity contribution in [2.45, 2.75) is 45.3 Å². The molecule has 2 aliphatic heterocycles. The Labute approximate surface area is 163 Å². The fourth-order valence-corrected chi connectivity index (χ4v) is 4.45. The lowest BCUT2D eigenvalue weighted by molar-refractivity contribution is -0.178. The maximum Gasteiger partial charge on any atom is 0.306 e. The first-order valence-corrected chi connectivity index (χ1v) is 10.4. The normalized spacial score (nSPS) is 30.2. The molecule has 0 saturated carbocycles. The van der Waals surface area contributed by atoms with E-state index in [9.17, 15) is 4.79 Å². The van der Waals surface area contributed by atoms with Crippen molar-refractivity contribution >= 4 is 5.97 Å². The summed E-state index contributed by atoms with van der Waals surface area (Å²) in [6.45, 7) is 13.2. The zero-order valence-corrected chi connectivity index (χ0v) is 17.0. The van der Waals surface area contributed by atoms with Gasteiger partial charge in [-0.2, -0.15) is 0 Å². The van der Waals surface area contributed by atoms with E-state index in [1.807, 2.05) is 25.1 Å². The van der Waals surface area contributed by atoms with Crippen LogP contribution in [-0.2, 0) is 19.9 Å². The molecule has 1 aromatic rings. The lowest BCUT2D eigenvalue weighted by Gasteiger charge is -2.49. The van der Waals surface area contributed by atoms with E-state index in [1.54, 1.807) is 0 Å². The fraction of sp³-hybridized carbons (Fsp3) is 0.682. The van der Waals surface area contributed by atoms with E-state index < -0.39 is 5.60 Å². The summed E-state index contributed by atoms with van der Waals surface area (Å²) in [6.07, 6.45) is 1.25. The van der Waals surface area contributed by atoms with Crippen LogP contribution in [0.5, 0.6) is 0 Å². The molecule has 0 aliphatic carbocycles. The minimum absolute atomic E-state index is 0.111. The van der Waals surface area contributed by atoms with Crippen LogP contribution in [0.25, 0.3) is 0 Å². The third kappa shape index (κ3) is 4.71. The van der Waals surface area contributed by atoms with Crippen molar-refractivity contribution < 1.29 is 14.3 Å². The maximum atomic E-state index is 12.3. The van der Waals surface area contributed by atoms with Crippen molar-refractivity contribution in [1.82, 2.24) is 9.80 Å². The number of esters is 1. The van der Waals surface area contributed by atoms with Gasteiger partial charge in [-0.1, -0.05) is 44.2 Å². The molecular formula is C22H34N2O3. The smallest absolute Gasteiger partial charge is 0.306 e. The first-order chi connectivity index (χ1) is 13.0. The monoisotopic (exact) mass is 374 g/mol. The number of hydrogen-bond donors (Lipinski definition) is 0. The largest absolute Gasteiger partial charge is 0.454 e. The molecule has 0 aromatic heterocycles. The van der Waals surface area contributed by atoms with Crippen molar-refractivity contribution in [2.24, 2.45) is 5.92 Å². The lowest BCUT2D eigenvalue weighted by atomic mass is 9.74. The van der Waals surface area contributed by atoms with Gasteiger partial charge in [-0.15, -0.1) is 0 Å². The zero-order valence-electron chi connectivity index (χ0n) is 17.0. The molecule has 0 spiro atoms. The minimum atomic E-state index is -0.525. The number of ether oxygens (including phenoxy) is 2. The molecule has 0 bridgehead atoms. The van der Waals surface area contributed by atoms with Crippen LogP contribution in [0.1, 0.15) is 39.2 Å². The Morgan fingerprint density at radius 2 is 1.89 bits per heavy atom. The molecule has 2 heterocycles. The van der Waals surface area contributed by atoms with Gasteiger partial charge in [0.25, 0.3) is 0 Å². The molecule has 2 aliphatic rings. The Kier molecular flexibility index (Phi) is 6.90. The molecule has 3 unspecified atom stereocenters. The Balaban J connectivity index is 1.72. The fourth-order valence-electron chi connectivity index (χ4n) is 4.45. The average Bonchev–Trinajstić information content (AvgIpc) is 2.70. The number of piperidine rings is 1. The summed E-state index contributed by atoms with van der Waals surface area (Å²) in [5, 5.41) is 0. The number of rotatable bonds is 6. The standard InChI is InChI=1S/C22H34N2O3/c1-4-21(25)27-22(20-8-6-5-7-9-20)16-19(3)24(17-18(22)2)11-10-23-12-14-26-15-13-23/h5-9,18-19H,4,10-17H2,1-3H3. The van der Waals surface area contributed by atoms with Gasteiger partial charge in [-0.05, 0) is 12.5 Å². The van der Waals surface area contributed by atoms with Gasteiger partial charge >= 0.3 is 5.97 Å². The highest BCUT2D eigenvalue weighted by atomic mass is 16.6. The summed E-state index contributed by atoms with van der Waals surface area (Å²) in [7, 11) is 0. The average molecular weight is 375 g/mol.